The van der Waals surface area contributed by atoms with Gasteiger partial charge in [0.05, 0.1) is 20.1 Å². The molecular formula is C12H4Cl2FNOS. The van der Waals surface area contributed by atoms with Gasteiger partial charge in [0.1, 0.15) is 16.5 Å². The van der Waals surface area contributed by atoms with E-state index in [1.54, 1.807) is 6.07 Å². The van der Waals surface area contributed by atoms with Gasteiger partial charge in [-0.25, -0.2) is 9.37 Å². The third-order valence-electron chi connectivity index (χ3n) is 2.48. The van der Waals surface area contributed by atoms with Crippen molar-refractivity contribution in [1.29, 1.82) is 0 Å². The molecule has 1 aromatic rings. The van der Waals surface area contributed by atoms with Crippen LogP contribution in [0.5, 0.6) is 0 Å². The zero-order valence-corrected chi connectivity index (χ0v) is 11.0. The van der Waals surface area contributed by atoms with Crippen LogP contribution in [0.15, 0.2) is 29.1 Å². The van der Waals surface area contributed by atoms with Crippen molar-refractivity contribution in [2.45, 2.75) is 0 Å². The van der Waals surface area contributed by atoms with Crippen LogP contribution in [0.2, 0.25) is 10.0 Å². The lowest BCUT2D eigenvalue weighted by Gasteiger charge is -2.08. The quantitative estimate of drug-likeness (QED) is 0.582. The molecule has 0 bridgehead atoms. The molecule has 0 N–H and O–H groups in total. The molecule has 1 aliphatic heterocycles. The summed E-state index contributed by atoms with van der Waals surface area (Å²) in [5.41, 5.74) is 0.721. The van der Waals surface area contributed by atoms with Crippen molar-refractivity contribution in [3.63, 3.8) is 0 Å². The Morgan fingerprint density at radius 3 is 2.78 bits per heavy atom. The summed E-state index contributed by atoms with van der Waals surface area (Å²) in [6, 6.07) is 5.48. The molecule has 0 saturated heterocycles. The molecule has 1 aromatic carbocycles. The van der Waals surface area contributed by atoms with Gasteiger partial charge in [0.2, 0.25) is 0 Å². The Balaban J connectivity index is 2.53. The lowest BCUT2D eigenvalue weighted by molar-refractivity contribution is 0.630. The highest BCUT2D eigenvalue weighted by molar-refractivity contribution is 7.22. The van der Waals surface area contributed by atoms with E-state index < -0.39 is 0 Å². The zero-order chi connectivity index (χ0) is 12.9. The Morgan fingerprint density at radius 1 is 1.22 bits per heavy atom. The molecule has 0 unspecified atom stereocenters. The van der Waals surface area contributed by atoms with Gasteiger partial charge in [-0.05, 0) is 18.2 Å². The van der Waals surface area contributed by atoms with Gasteiger partial charge in [-0.1, -0.05) is 23.2 Å². The molecule has 18 heavy (non-hydrogen) atoms. The molecule has 0 fully saturated rings. The fraction of sp³-hybridized carbons (Fsp3) is 0. The number of nitrogens with zero attached hydrogens (tertiary/aromatic N) is 1. The van der Waals surface area contributed by atoms with E-state index in [9.17, 15) is 9.18 Å². The van der Waals surface area contributed by atoms with Crippen molar-refractivity contribution in [3.8, 4) is 10.6 Å². The summed E-state index contributed by atoms with van der Waals surface area (Å²) in [5, 5.41) is 0.319. The van der Waals surface area contributed by atoms with Gasteiger partial charge >= 0.3 is 0 Å². The molecule has 0 radical (unpaired) electrons. The fourth-order valence-corrected chi connectivity index (χ4v) is 3.26. The van der Waals surface area contributed by atoms with E-state index >= 15 is 0 Å². The number of fused-ring (bicyclic) bond motifs is 2. The van der Waals surface area contributed by atoms with Crippen LogP contribution >= 0.6 is 34.5 Å². The maximum Gasteiger partial charge on any atom is 0.200 e. The molecule has 2 nitrogen and oxygen atoms in total. The number of halogens is 3. The molecular weight excluding hydrogens is 296 g/mol. The fourth-order valence-electron chi connectivity index (χ4n) is 1.66. The van der Waals surface area contributed by atoms with E-state index in [1.807, 2.05) is 0 Å². The lowest BCUT2D eigenvalue weighted by atomic mass is 10.2. The standard InChI is InChI=1S/C12H4Cl2FNOS/c13-6-4-8(17)10(14)12-11(6)16-7-2-1-5(15)3-9(7)18-12/h1-4H. The van der Waals surface area contributed by atoms with E-state index in [4.69, 9.17) is 23.2 Å². The summed E-state index contributed by atoms with van der Waals surface area (Å²) >= 11 is 13.1. The van der Waals surface area contributed by atoms with Gasteiger partial charge in [0, 0.05) is 6.07 Å². The predicted octanol–water partition coefficient (Wildman–Crippen LogP) is 4.21. The lowest BCUT2D eigenvalue weighted by Crippen LogP contribution is -2.03. The molecule has 0 amide bonds. The summed E-state index contributed by atoms with van der Waals surface area (Å²) in [4.78, 5) is 16.3. The first-order chi connectivity index (χ1) is 8.56. The van der Waals surface area contributed by atoms with Crippen LogP contribution in [0, 0.1) is 5.82 Å². The average Bonchev–Trinajstić information content (AvgIpc) is 2.34. The molecule has 0 aromatic heterocycles. The van der Waals surface area contributed by atoms with E-state index in [-0.39, 0.29) is 21.3 Å². The number of benzene rings is 2. The zero-order valence-electron chi connectivity index (χ0n) is 8.71. The number of hydrogen-bond acceptors (Lipinski definition) is 3. The van der Waals surface area contributed by atoms with E-state index in [0.717, 1.165) is 0 Å². The van der Waals surface area contributed by atoms with Gasteiger partial charge in [-0.2, -0.15) is 0 Å². The Labute approximate surface area is 115 Å². The normalized spacial score (nSPS) is 11.3. The first kappa shape index (κ1) is 11.8. The second kappa shape index (κ2) is 4.16. The van der Waals surface area contributed by atoms with Crippen molar-refractivity contribution in [2.24, 2.45) is 0 Å². The van der Waals surface area contributed by atoms with E-state index in [1.165, 1.54) is 29.5 Å². The molecule has 0 atom stereocenters. The van der Waals surface area contributed by atoms with Gasteiger partial charge in [0.15, 0.2) is 5.43 Å². The summed E-state index contributed by atoms with van der Waals surface area (Å²) in [6.45, 7) is 0. The Hall–Kier alpha value is -1.23. The van der Waals surface area contributed by atoms with Crippen LogP contribution in [0.3, 0.4) is 0 Å². The highest BCUT2D eigenvalue weighted by atomic mass is 35.5. The Kier molecular flexibility index (Phi) is 2.73. The minimum absolute atomic E-state index is 0.0676. The van der Waals surface area contributed by atoms with Crippen LogP contribution in [-0.2, 0) is 0 Å². The second-order valence-corrected chi connectivity index (χ2v) is 5.51. The van der Waals surface area contributed by atoms with Gasteiger partial charge < -0.3 is 0 Å². The summed E-state index contributed by atoms with van der Waals surface area (Å²) in [5.74, 6) is -0.361. The van der Waals surface area contributed by atoms with Crippen LogP contribution in [0.1, 0.15) is 0 Å². The van der Waals surface area contributed by atoms with Crippen LogP contribution in [0.4, 0.5) is 4.39 Å². The average molecular weight is 300 g/mol. The van der Waals surface area contributed by atoms with Crippen LogP contribution in [0.25, 0.3) is 20.8 Å². The molecule has 0 spiro atoms. The van der Waals surface area contributed by atoms with E-state index in [2.05, 4.69) is 4.98 Å². The largest absolute Gasteiger partial charge is 0.288 e. The van der Waals surface area contributed by atoms with Crippen LogP contribution in [-0.4, -0.2) is 4.98 Å². The second-order valence-electron chi connectivity index (χ2n) is 3.67. The summed E-state index contributed by atoms with van der Waals surface area (Å²) in [6.07, 6.45) is 0. The Morgan fingerprint density at radius 2 is 2.00 bits per heavy atom. The number of rotatable bonds is 0. The van der Waals surface area contributed by atoms with Gasteiger partial charge in [0.25, 0.3) is 0 Å². The van der Waals surface area contributed by atoms with Crippen molar-refractivity contribution in [2.75, 3.05) is 0 Å². The SMILES string of the molecule is O=c1cc(Cl)c2nc3ccc(F)cc3sc-2c1Cl. The minimum atomic E-state index is -0.361. The summed E-state index contributed by atoms with van der Waals surface area (Å²) in [7, 11) is 0. The first-order valence-corrected chi connectivity index (χ1v) is 6.51. The van der Waals surface area contributed by atoms with Crippen LogP contribution < -0.4 is 5.43 Å². The molecule has 2 aliphatic rings. The molecule has 90 valence electrons. The van der Waals surface area contributed by atoms with Crippen molar-refractivity contribution >= 4 is 44.8 Å². The molecule has 3 rings (SSSR count). The number of hydrogen-bond donors (Lipinski definition) is 0. The van der Waals surface area contributed by atoms with E-state index in [0.29, 0.717) is 20.8 Å². The third-order valence-corrected chi connectivity index (χ3v) is 4.40. The smallest absolute Gasteiger partial charge is 0.200 e. The maximum atomic E-state index is 13.2. The highest BCUT2D eigenvalue weighted by Gasteiger charge is 2.17. The monoisotopic (exact) mass is 299 g/mol. The summed E-state index contributed by atoms with van der Waals surface area (Å²) < 4.78 is 13.8. The predicted molar refractivity (Wildman–Crippen MR) is 72.5 cm³/mol. The number of aromatic nitrogens is 1. The third kappa shape index (κ3) is 1.77. The highest BCUT2D eigenvalue weighted by Crippen LogP contribution is 2.38. The van der Waals surface area contributed by atoms with Crippen molar-refractivity contribution in [1.82, 2.24) is 4.98 Å². The maximum absolute atomic E-state index is 13.2. The van der Waals surface area contributed by atoms with Crippen molar-refractivity contribution < 1.29 is 4.39 Å². The van der Waals surface area contributed by atoms with Gasteiger partial charge in [-0.15, -0.1) is 11.3 Å². The topological polar surface area (TPSA) is 30.0 Å². The van der Waals surface area contributed by atoms with Gasteiger partial charge in [-0.3, -0.25) is 4.79 Å². The van der Waals surface area contributed by atoms with Crippen molar-refractivity contribution in [3.05, 3.63) is 50.4 Å². The molecule has 1 aliphatic carbocycles. The molecule has 0 saturated carbocycles. The molecule has 1 heterocycles. The Bertz CT molecular complexity index is 802. The molecule has 6 heteroatoms. The minimum Gasteiger partial charge on any atom is -0.288 e. The first-order valence-electron chi connectivity index (χ1n) is 4.94.